The zero-order valence-electron chi connectivity index (χ0n) is 13.4. The molecule has 1 aliphatic heterocycles. The molecule has 0 amide bonds. The largest absolute Gasteiger partial charge is 0.389 e. The lowest BCUT2D eigenvalue weighted by Gasteiger charge is -2.46. The third-order valence-electron chi connectivity index (χ3n) is 4.73. The van der Waals surface area contributed by atoms with E-state index in [2.05, 4.69) is 0 Å². The molecule has 2 fully saturated rings. The summed E-state index contributed by atoms with van der Waals surface area (Å²) in [6.07, 6.45) is -7.21. The lowest BCUT2D eigenvalue weighted by molar-refractivity contribution is -0.296. The maximum atomic E-state index is 10.1. The van der Waals surface area contributed by atoms with Gasteiger partial charge in [0.15, 0.2) is 6.29 Å². The second-order valence-electron chi connectivity index (χ2n) is 6.92. The first-order valence-corrected chi connectivity index (χ1v) is 7.95. The Morgan fingerprint density at radius 1 is 0.913 bits per heavy atom. The summed E-state index contributed by atoms with van der Waals surface area (Å²) in [6, 6.07) is -2.26. The maximum absolute atomic E-state index is 10.1. The SMILES string of the molecule is CC(C)C1OC(OC2C(N)CC(N)C(O)C2O)C(N)C(O)C1O. The molecule has 1 aliphatic carbocycles. The highest BCUT2D eigenvalue weighted by Crippen LogP contribution is 2.29. The molecule has 23 heavy (non-hydrogen) atoms. The van der Waals surface area contributed by atoms with Gasteiger partial charge in [0.25, 0.3) is 0 Å². The van der Waals surface area contributed by atoms with Crippen molar-refractivity contribution in [3.05, 3.63) is 0 Å². The van der Waals surface area contributed by atoms with Crippen LogP contribution < -0.4 is 17.2 Å². The molecule has 0 aromatic carbocycles. The van der Waals surface area contributed by atoms with Crippen LogP contribution in [0.4, 0.5) is 0 Å². The van der Waals surface area contributed by atoms with Crippen LogP contribution >= 0.6 is 0 Å². The van der Waals surface area contributed by atoms with Crippen molar-refractivity contribution >= 4 is 0 Å². The molecular formula is C14H29N3O6. The highest BCUT2D eigenvalue weighted by Gasteiger charge is 2.48. The summed E-state index contributed by atoms with van der Waals surface area (Å²) in [5.74, 6) is -0.0813. The Bertz CT molecular complexity index is 401. The minimum atomic E-state index is -1.29. The van der Waals surface area contributed by atoms with E-state index in [1.807, 2.05) is 13.8 Å². The molecule has 1 saturated carbocycles. The first-order chi connectivity index (χ1) is 10.6. The Balaban J connectivity index is 2.11. The summed E-state index contributed by atoms with van der Waals surface area (Å²) in [7, 11) is 0. The number of aliphatic hydroxyl groups is 4. The zero-order valence-corrected chi connectivity index (χ0v) is 13.4. The fourth-order valence-electron chi connectivity index (χ4n) is 3.21. The van der Waals surface area contributed by atoms with E-state index in [9.17, 15) is 20.4 Å². The topological polar surface area (TPSA) is 177 Å². The molecule has 0 spiro atoms. The molecule has 0 bridgehead atoms. The van der Waals surface area contributed by atoms with Crippen LogP contribution in [-0.2, 0) is 9.47 Å². The van der Waals surface area contributed by atoms with Gasteiger partial charge in [0.05, 0.1) is 18.2 Å². The monoisotopic (exact) mass is 335 g/mol. The molecule has 1 saturated heterocycles. The van der Waals surface area contributed by atoms with Crippen LogP contribution in [0.1, 0.15) is 20.3 Å². The Morgan fingerprint density at radius 3 is 2.09 bits per heavy atom. The second kappa shape index (κ2) is 7.26. The third-order valence-corrected chi connectivity index (χ3v) is 4.73. The minimum absolute atomic E-state index is 0.0813. The van der Waals surface area contributed by atoms with Crippen LogP contribution in [-0.4, -0.2) is 81.5 Å². The summed E-state index contributed by atoms with van der Waals surface area (Å²) in [6.45, 7) is 3.66. The van der Waals surface area contributed by atoms with E-state index in [1.54, 1.807) is 0 Å². The van der Waals surface area contributed by atoms with Crippen molar-refractivity contribution in [3.63, 3.8) is 0 Å². The molecule has 9 heteroatoms. The van der Waals surface area contributed by atoms with Gasteiger partial charge in [-0.1, -0.05) is 13.8 Å². The summed E-state index contributed by atoms with van der Waals surface area (Å²) in [5.41, 5.74) is 17.5. The molecule has 0 aromatic rings. The zero-order chi connectivity index (χ0) is 17.5. The van der Waals surface area contributed by atoms with E-state index in [-0.39, 0.29) is 12.3 Å². The van der Waals surface area contributed by atoms with Crippen LogP contribution in [0, 0.1) is 5.92 Å². The highest BCUT2D eigenvalue weighted by atomic mass is 16.7. The van der Waals surface area contributed by atoms with Crippen molar-refractivity contribution in [2.75, 3.05) is 0 Å². The van der Waals surface area contributed by atoms with E-state index in [1.165, 1.54) is 0 Å². The molecule has 10 unspecified atom stereocenters. The van der Waals surface area contributed by atoms with Crippen molar-refractivity contribution in [2.45, 2.75) is 81.3 Å². The van der Waals surface area contributed by atoms with Crippen LogP contribution in [0.15, 0.2) is 0 Å². The summed E-state index contributed by atoms with van der Waals surface area (Å²) in [4.78, 5) is 0. The number of hydrogen-bond donors (Lipinski definition) is 7. The Hall–Kier alpha value is -0.360. The molecule has 9 nitrogen and oxygen atoms in total. The molecule has 1 heterocycles. The fourth-order valence-corrected chi connectivity index (χ4v) is 3.21. The van der Waals surface area contributed by atoms with Gasteiger partial charge in [-0.25, -0.2) is 0 Å². The average Bonchev–Trinajstić information content (AvgIpc) is 2.48. The van der Waals surface area contributed by atoms with Crippen LogP contribution in [0.25, 0.3) is 0 Å². The number of nitrogens with two attached hydrogens (primary N) is 3. The lowest BCUT2D eigenvalue weighted by Crippen LogP contribution is -2.67. The van der Waals surface area contributed by atoms with Crippen molar-refractivity contribution in [1.29, 1.82) is 0 Å². The van der Waals surface area contributed by atoms with Gasteiger partial charge in [-0.15, -0.1) is 0 Å². The molecule has 2 rings (SSSR count). The quantitative estimate of drug-likeness (QED) is 0.277. The number of rotatable bonds is 3. The molecule has 10 N–H and O–H groups in total. The normalized spacial score (nSPS) is 51.9. The van der Waals surface area contributed by atoms with Gasteiger partial charge in [-0.3, -0.25) is 0 Å². The van der Waals surface area contributed by atoms with Gasteiger partial charge in [-0.2, -0.15) is 0 Å². The van der Waals surface area contributed by atoms with Gasteiger partial charge in [0, 0.05) is 12.1 Å². The van der Waals surface area contributed by atoms with Crippen molar-refractivity contribution in [2.24, 2.45) is 23.1 Å². The molecular weight excluding hydrogens is 306 g/mol. The summed E-state index contributed by atoms with van der Waals surface area (Å²) < 4.78 is 11.3. The van der Waals surface area contributed by atoms with Gasteiger partial charge >= 0.3 is 0 Å². The summed E-state index contributed by atoms with van der Waals surface area (Å²) >= 11 is 0. The first-order valence-electron chi connectivity index (χ1n) is 7.95. The standard InChI is InChI=1S/C14H29N3O6/c1-4(2)12-11(21)9(19)7(17)14(22-12)23-13-6(16)3-5(15)8(18)10(13)20/h4-14,18-21H,3,15-17H2,1-2H3. The van der Waals surface area contributed by atoms with Crippen molar-refractivity contribution < 1.29 is 29.9 Å². The average molecular weight is 335 g/mol. The Morgan fingerprint density at radius 2 is 1.52 bits per heavy atom. The smallest absolute Gasteiger partial charge is 0.176 e. The molecule has 0 aromatic heterocycles. The van der Waals surface area contributed by atoms with Crippen LogP contribution in [0.3, 0.4) is 0 Å². The van der Waals surface area contributed by atoms with Crippen LogP contribution in [0.2, 0.25) is 0 Å². The first kappa shape index (κ1) is 19.0. The van der Waals surface area contributed by atoms with Crippen molar-refractivity contribution in [3.8, 4) is 0 Å². The Labute approximate surface area is 135 Å². The molecule has 2 aliphatic rings. The Kier molecular flexibility index (Phi) is 5.99. The van der Waals surface area contributed by atoms with E-state index in [0.29, 0.717) is 0 Å². The summed E-state index contributed by atoms with van der Waals surface area (Å²) in [5, 5.41) is 40.2. The van der Waals surface area contributed by atoms with Crippen molar-refractivity contribution in [1.82, 2.24) is 0 Å². The number of hydrogen-bond acceptors (Lipinski definition) is 9. The van der Waals surface area contributed by atoms with E-state index in [0.717, 1.165) is 0 Å². The minimum Gasteiger partial charge on any atom is -0.389 e. The second-order valence-corrected chi connectivity index (χ2v) is 6.92. The van der Waals surface area contributed by atoms with E-state index < -0.39 is 61.0 Å². The predicted octanol–water partition coefficient (Wildman–Crippen LogP) is -3.42. The van der Waals surface area contributed by atoms with E-state index in [4.69, 9.17) is 26.7 Å². The third kappa shape index (κ3) is 3.68. The maximum Gasteiger partial charge on any atom is 0.176 e. The van der Waals surface area contributed by atoms with Gasteiger partial charge in [-0.05, 0) is 12.3 Å². The van der Waals surface area contributed by atoms with Gasteiger partial charge in [0.1, 0.15) is 24.4 Å². The molecule has 0 radical (unpaired) electrons. The predicted molar refractivity (Wildman–Crippen MR) is 80.9 cm³/mol. The highest BCUT2D eigenvalue weighted by molar-refractivity contribution is 4.99. The number of aliphatic hydroxyl groups excluding tert-OH is 4. The van der Waals surface area contributed by atoms with Gasteiger partial charge < -0.3 is 47.1 Å². The molecule has 136 valence electrons. The van der Waals surface area contributed by atoms with Gasteiger partial charge in [0.2, 0.25) is 0 Å². The van der Waals surface area contributed by atoms with Crippen LogP contribution in [0.5, 0.6) is 0 Å². The molecule has 10 atom stereocenters. The lowest BCUT2D eigenvalue weighted by atomic mass is 9.84. The van der Waals surface area contributed by atoms with E-state index >= 15 is 0 Å². The fraction of sp³-hybridized carbons (Fsp3) is 1.00. The number of ether oxygens (including phenoxy) is 2.